The van der Waals surface area contributed by atoms with Gasteiger partial charge in [0.2, 0.25) is 15.9 Å². The third kappa shape index (κ3) is 5.48. The summed E-state index contributed by atoms with van der Waals surface area (Å²) in [5.74, 6) is 0.228. The van der Waals surface area contributed by atoms with Gasteiger partial charge in [-0.25, -0.2) is 13.1 Å². The molecule has 1 aromatic carbocycles. The molecule has 4 heterocycles. The summed E-state index contributed by atoms with van der Waals surface area (Å²) in [6.07, 6.45) is 15.3. The van der Waals surface area contributed by atoms with Crippen LogP contribution in [0, 0.1) is 5.92 Å². The number of hydrogen-bond donors (Lipinski definition) is 1. The van der Waals surface area contributed by atoms with Crippen molar-refractivity contribution in [2.45, 2.75) is 101 Å². The number of fused-ring (bicyclic) bond motifs is 6. The number of carbonyl (C=O) groups is 2. The van der Waals surface area contributed by atoms with Gasteiger partial charge in [-0.15, -0.1) is 0 Å². The Morgan fingerprint density at radius 1 is 1.04 bits per heavy atom. The van der Waals surface area contributed by atoms with E-state index in [2.05, 4.69) is 56.5 Å². The predicted octanol–water partition coefficient (Wildman–Crippen LogP) is 5.92. The summed E-state index contributed by atoms with van der Waals surface area (Å²) in [6.45, 7) is 5.04. The zero-order valence-electron chi connectivity index (χ0n) is 29.2. The molecule has 262 valence electrons. The van der Waals surface area contributed by atoms with Gasteiger partial charge in [-0.05, 0) is 98.7 Å². The van der Waals surface area contributed by atoms with E-state index in [-0.39, 0.29) is 29.0 Å². The Bertz CT molecular complexity index is 1910. The molecule has 3 aliphatic heterocycles. The smallest absolute Gasteiger partial charge is 0.265 e. The van der Waals surface area contributed by atoms with Crippen molar-refractivity contribution < 1.29 is 22.7 Å². The highest BCUT2D eigenvalue weighted by Crippen LogP contribution is 2.56. The van der Waals surface area contributed by atoms with Gasteiger partial charge >= 0.3 is 0 Å². The van der Waals surface area contributed by atoms with Crippen LogP contribution >= 0.6 is 0 Å². The summed E-state index contributed by atoms with van der Waals surface area (Å²) in [5.41, 5.74) is 6.61. The number of rotatable bonds is 7. The van der Waals surface area contributed by atoms with Crippen LogP contribution in [0.5, 0.6) is 5.75 Å². The molecular weight excluding hydrogens is 637 g/mol. The van der Waals surface area contributed by atoms with Crippen molar-refractivity contribution in [3.63, 3.8) is 0 Å². The van der Waals surface area contributed by atoms with E-state index in [4.69, 9.17) is 4.74 Å². The Kier molecular flexibility index (Phi) is 8.33. The van der Waals surface area contributed by atoms with E-state index in [1.807, 2.05) is 0 Å². The van der Waals surface area contributed by atoms with Gasteiger partial charge in [0, 0.05) is 48.7 Å². The number of methoxy groups -OCH3 is 1. The van der Waals surface area contributed by atoms with Crippen LogP contribution < -0.4 is 9.46 Å². The molecule has 9 nitrogen and oxygen atoms in total. The number of amides is 2. The third-order valence-corrected chi connectivity index (χ3v) is 14.0. The van der Waals surface area contributed by atoms with Gasteiger partial charge in [0.05, 0.1) is 29.9 Å². The highest BCUT2D eigenvalue weighted by molar-refractivity contribution is 7.90. The molecule has 8 rings (SSSR count). The van der Waals surface area contributed by atoms with Gasteiger partial charge in [0.15, 0.2) is 0 Å². The van der Waals surface area contributed by atoms with Crippen LogP contribution in [0.2, 0.25) is 0 Å². The van der Waals surface area contributed by atoms with Gasteiger partial charge in [0.1, 0.15) is 5.75 Å². The van der Waals surface area contributed by atoms with Crippen LogP contribution in [0.4, 0.5) is 0 Å². The summed E-state index contributed by atoms with van der Waals surface area (Å²) in [6, 6.07) is 6.59. The maximum atomic E-state index is 15.0. The lowest BCUT2D eigenvalue weighted by atomic mass is 9.75. The maximum absolute atomic E-state index is 15.0. The van der Waals surface area contributed by atoms with Gasteiger partial charge in [-0.2, -0.15) is 0 Å². The molecule has 1 N–H and O–H groups in total. The number of benzene rings is 1. The van der Waals surface area contributed by atoms with Crippen LogP contribution in [0.25, 0.3) is 10.9 Å². The lowest BCUT2D eigenvalue weighted by Gasteiger charge is -2.46. The molecule has 0 bridgehead atoms. The third-order valence-electron chi connectivity index (χ3n) is 12.5. The van der Waals surface area contributed by atoms with Gasteiger partial charge in [-0.3, -0.25) is 9.59 Å². The molecule has 10 heteroatoms. The van der Waals surface area contributed by atoms with E-state index in [9.17, 15) is 13.2 Å². The minimum Gasteiger partial charge on any atom is -0.496 e. The number of allylic oxidation sites excluding steroid dienone is 4. The fraction of sp³-hybridized carbons (Fsp3) is 0.590. The molecule has 3 aliphatic carbocycles. The predicted molar refractivity (Wildman–Crippen MR) is 191 cm³/mol. The van der Waals surface area contributed by atoms with Crippen molar-refractivity contribution in [2.24, 2.45) is 5.92 Å². The highest BCUT2D eigenvalue weighted by atomic mass is 32.2. The number of likely N-dealkylation sites (tertiary alicyclic amines) is 2. The minimum absolute atomic E-state index is 0.0887. The molecule has 49 heavy (non-hydrogen) atoms. The maximum Gasteiger partial charge on any atom is 0.265 e. The zero-order chi connectivity index (χ0) is 34.1. The quantitative estimate of drug-likeness (QED) is 0.388. The highest BCUT2D eigenvalue weighted by Gasteiger charge is 2.51. The molecule has 1 spiro atoms. The van der Waals surface area contributed by atoms with Crippen LogP contribution in [-0.4, -0.2) is 79.7 Å². The number of piperidine rings is 1. The van der Waals surface area contributed by atoms with E-state index >= 15 is 4.79 Å². The first-order valence-electron chi connectivity index (χ1n) is 18.6. The van der Waals surface area contributed by atoms with Crippen LogP contribution in [0.1, 0.15) is 101 Å². The van der Waals surface area contributed by atoms with Gasteiger partial charge in [0.25, 0.3) is 5.91 Å². The Balaban J connectivity index is 1.28. The number of hydrogen-bond acceptors (Lipinski definition) is 6. The number of sulfonamides is 1. The average molecular weight is 687 g/mol. The molecule has 0 radical (unpaired) electrons. The van der Waals surface area contributed by atoms with E-state index in [1.54, 1.807) is 14.0 Å². The molecule has 2 atom stereocenters. The Morgan fingerprint density at radius 3 is 2.55 bits per heavy atom. The Hall–Kier alpha value is -3.37. The van der Waals surface area contributed by atoms with E-state index in [1.165, 1.54) is 24.8 Å². The van der Waals surface area contributed by atoms with Crippen molar-refractivity contribution in [1.82, 2.24) is 19.1 Å². The molecular formula is C39H50N4O5S. The molecule has 2 amide bonds. The molecule has 6 aliphatic rings. The summed E-state index contributed by atoms with van der Waals surface area (Å²) < 4.78 is 36.2. The van der Waals surface area contributed by atoms with Crippen molar-refractivity contribution >= 4 is 32.7 Å². The topological polar surface area (TPSA) is 101 Å². The standard InChI is InChI=1S/C39H50N4O5S/c1-4-22-49(46,47)40-37(44)35-30-24-42-31(23-29-32(48-3)15-14-26(36(29)42)25-10-6-5-7-11-25)33-27(34(30)35)12-8-13-28(33)38(45)43-19-9-16-39(43)17-20-41(2)21-18-39/h8,12,14-15,23,25,28,33H,4-7,9-11,13,16-22,24H2,1-3H3,(H,40,44)/t28-,33?/m1/s1. The molecule has 1 saturated carbocycles. The summed E-state index contributed by atoms with van der Waals surface area (Å²) in [7, 11) is 0.134. The van der Waals surface area contributed by atoms with Crippen LogP contribution in [0.15, 0.2) is 52.6 Å². The van der Waals surface area contributed by atoms with Crippen molar-refractivity contribution in [1.29, 1.82) is 0 Å². The fourth-order valence-corrected chi connectivity index (χ4v) is 11.1. The molecule has 3 fully saturated rings. The Morgan fingerprint density at radius 2 is 1.82 bits per heavy atom. The number of nitrogens with one attached hydrogen (secondary N) is 1. The number of aromatic nitrogens is 1. The second kappa shape index (κ2) is 12.4. The molecule has 1 unspecified atom stereocenters. The summed E-state index contributed by atoms with van der Waals surface area (Å²) in [4.78, 5) is 33.4. The number of nitrogens with zero attached hydrogens (tertiary/aromatic N) is 3. The van der Waals surface area contributed by atoms with Crippen LogP contribution in [-0.2, 0) is 26.2 Å². The van der Waals surface area contributed by atoms with E-state index in [0.29, 0.717) is 30.9 Å². The normalized spacial score (nSPS) is 25.3. The number of carbonyl (C=O) groups excluding carboxylic acids is 2. The molecule has 2 saturated heterocycles. The second-order valence-electron chi connectivity index (χ2n) is 15.4. The van der Waals surface area contributed by atoms with Crippen molar-refractivity contribution in [2.75, 3.05) is 39.5 Å². The first-order valence-corrected chi connectivity index (χ1v) is 20.2. The summed E-state index contributed by atoms with van der Waals surface area (Å²) >= 11 is 0. The largest absolute Gasteiger partial charge is 0.496 e. The lowest BCUT2D eigenvalue weighted by molar-refractivity contribution is -0.142. The molecule has 1 aromatic heterocycles. The zero-order valence-corrected chi connectivity index (χ0v) is 30.0. The fourth-order valence-electron chi connectivity index (χ4n) is 10.1. The SMILES string of the molecule is CCCS(=O)(=O)NC(=O)C1=C2Cn3c(cc4c(OC)ccc(C5CCCCC5)c43)C3C(=C21)C=CC[C@H]3C(=O)N1CCCC12CCN(C)CC2. The van der Waals surface area contributed by atoms with Gasteiger partial charge in [-0.1, -0.05) is 44.4 Å². The minimum atomic E-state index is -3.75. The van der Waals surface area contributed by atoms with Crippen molar-refractivity contribution in [3.8, 4) is 5.75 Å². The average Bonchev–Trinajstić information content (AvgIpc) is 3.53. The monoisotopic (exact) mass is 686 g/mol. The lowest BCUT2D eigenvalue weighted by Crippen LogP contribution is -2.55. The Labute approximate surface area is 290 Å². The second-order valence-corrected chi connectivity index (χ2v) is 17.2. The number of ether oxygens (including phenoxy) is 1. The summed E-state index contributed by atoms with van der Waals surface area (Å²) in [5, 5.41) is 1.05. The molecule has 2 aromatic rings. The van der Waals surface area contributed by atoms with Crippen LogP contribution in [0.3, 0.4) is 0 Å². The first-order chi connectivity index (χ1) is 23.7. The first kappa shape index (κ1) is 32.8. The van der Waals surface area contributed by atoms with Gasteiger partial charge < -0.3 is 19.1 Å². The van der Waals surface area contributed by atoms with Crippen molar-refractivity contribution in [3.05, 3.63) is 63.9 Å². The van der Waals surface area contributed by atoms with E-state index < -0.39 is 15.9 Å². The van der Waals surface area contributed by atoms with E-state index in [0.717, 1.165) is 97.2 Å².